The fraction of sp³-hybridized carbons (Fsp3) is 0.526. The first-order valence-corrected chi connectivity index (χ1v) is 9.87. The maximum absolute atomic E-state index is 11.5. The molecule has 1 aromatic carbocycles. The van der Waals surface area contributed by atoms with Crippen LogP contribution >= 0.6 is 11.8 Å². The zero-order chi connectivity index (χ0) is 19.4. The molecule has 0 aromatic heterocycles. The van der Waals surface area contributed by atoms with Gasteiger partial charge in [-0.2, -0.15) is 5.10 Å². The molecule has 0 atom stereocenters. The Labute approximate surface area is 160 Å². The summed E-state index contributed by atoms with van der Waals surface area (Å²) in [5.74, 6) is 0.0912. The monoisotopic (exact) mass is 379 g/mol. The van der Waals surface area contributed by atoms with Gasteiger partial charge in [0.2, 0.25) is 0 Å². The van der Waals surface area contributed by atoms with Gasteiger partial charge in [-0.25, -0.2) is 4.79 Å². The second-order valence-electron chi connectivity index (χ2n) is 5.97. The maximum Gasteiger partial charge on any atom is 0.509 e. The van der Waals surface area contributed by atoms with E-state index in [0.717, 1.165) is 30.5 Å². The van der Waals surface area contributed by atoms with Crippen molar-refractivity contribution in [3.05, 3.63) is 29.3 Å². The zero-order valence-electron chi connectivity index (χ0n) is 16.2. The molecule has 1 aromatic rings. The molecule has 0 fully saturated rings. The standard InChI is InChI=1S/C19H29N3O3S/c1-6-8-16-10-9-15(5)12-17(16)21-18(22-20-11-7-2)26-13-24-19(23)25-14(3)4/h9-12,14H,6-8,13H2,1-5H3,(H,21,22)/b20-11+. The number of aryl methyl sites for hydroxylation is 2. The van der Waals surface area contributed by atoms with E-state index in [1.165, 1.54) is 17.3 Å². The van der Waals surface area contributed by atoms with Crippen LogP contribution in [0.15, 0.2) is 28.4 Å². The van der Waals surface area contributed by atoms with Crippen molar-refractivity contribution in [3.63, 3.8) is 0 Å². The smallest absolute Gasteiger partial charge is 0.432 e. The van der Waals surface area contributed by atoms with Crippen LogP contribution < -0.4 is 5.32 Å². The molecule has 0 saturated carbocycles. The Hall–Kier alpha value is -2.02. The van der Waals surface area contributed by atoms with E-state index in [0.29, 0.717) is 5.17 Å². The van der Waals surface area contributed by atoms with Crippen molar-refractivity contribution >= 4 is 35.0 Å². The topological polar surface area (TPSA) is 72.3 Å². The van der Waals surface area contributed by atoms with Crippen molar-refractivity contribution in [2.45, 2.75) is 60.0 Å². The van der Waals surface area contributed by atoms with E-state index in [1.807, 2.05) is 13.8 Å². The number of hydrogen-bond donors (Lipinski definition) is 1. The third-order valence-corrected chi connectivity index (χ3v) is 3.84. The summed E-state index contributed by atoms with van der Waals surface area (Å²) in [6.07, 6.45) is 3.64. The van der Waals surface area contributed by atoms with E-state index in [9.17, 15) is 4.79 Å². The van der Waals surface area contributed by atoms with Crippen molar-refractivity contribution in [2.75, 3.05) is 11.3 Å². The lowest BCUT2D eigenvalue weighted by molar-refractivity contribution is 0.0462. The summed E-state index contributed by atoms with van der Waals surface area (Å²) in [5, 5.41) is 12.1. The van der Waals surface area contributed by atoms with Crippen LogP contribution in [0.3, 0.4) is 0 Å². The van der Waals surface area contributed by atoms with Gasteiger partial charge in [-0.1, -0.05) is 32.4 Å². The number of carbonyl (C=O) groups is 1. The van der Waals surface area contributed by atoms with Crippen LogP contribution in [0.4, 0.5) is 10.5 Å². The first-order chi connectivity index (χ1) is 12.5. The second-order valence-corrected chi connectivity index (χ2v) is 6.88. The molecule has 26 heavy (non-hydrogen) atoms. The Morgan fingerprint density at radius 2 is 2.12 bits per heavy atom. The molecule has 144 valence electrons. The average Bonchev–Trinajstić information content (AvgIpc) is 2.56. The summed E-state index contributed by atoms with van der Waals surface area (Å²) >= 11 is 1.26. The fourth-order valence-corrected chi connectivity index (χ4v) is 2.59. The Morgan fingerprint density at radius 3 is 2.77 bits per heavy atom. The number of carbonyl (C=O) groups excluding carboxylic acids is 1. The molecule has 0 aliphatic carbocycles. The minimum atomic E-state index is -0.689. The van der Waals surface area contributed by atoms with Crippen molar-refractivity contribution in [3.8, 4) is 0 Å². The van der Waals surface area contributed by atoms with Crippen LogP contribution in [0, 0.1) is 6.92 Å². The van der Waals surface area contributed by atoms with Crippen molar-refractivity contribution in [2.24, 2.45) is 10.2 Å². The summed E-state index contributed by atoms with van der Waals surface area (Å²) in [4.78, 5) is 11.5. The van der Waals surface area contributed by atoms with Crippen molar-refractivity contribution < 1.29 is 14.3 Å². The van der Waals surface area contributed by atoms with Crippen LogP contribution in [0.5, 0.6) is 0 Å². The van der Waals surface area contributed by atoms with Crippen LogP contribution in [-0.2, 0) is 15.9 Å². The number of thioether (sulfide) groups is 1. The van der Waals surface area contributed by atoms with Gasteiger partial charge in [-0.15, -0.1) is 5.10 Å². The Balaban J connectivity index is 2.81. The van der Waals surface area contributed by atoms with Gasteiger partial charge < -0.3 is 14.8 Å². The first kappa shape index (κ1) is 22.0. The third kappa shape index (κ3) is 8.89. The highest BCUT2D eigenvalue weighted by molar-refractivity contribution is 8.14. The number of rotatable bonds is 8. The minimum Gasteiger partial charge on any atom is -0.432 e. The molecular weight excluding hydrogens is 350 g/mol. The molecule has 0 aliphatic heterocycles. The van der Waals surface area contributed by atoms with E-state index < -0.39 is 6.16 Å². The lowest BCUT2D eigenvalue weighted by atomic mass is 10.1. The Bertz CT molecular complexity index is 630. The van der Waals surface area contributed by atoms with Crippen molar-refractivity contribution in [1.82, 2.24) is 0 Å². The van der Waals surface area contributed by atoms with Crippen LogP contribution in [-0.4, -0.2) is 29.6 Å². The predicted octanol–water partition coefficient (Wildman–Crippen LogP) is 5.36. The largest absolute Gasteiger partial charge is 0.509 e. The quantitative estimate of drug-likeness (QED) is 0.216. The summed E-state index contributed by atoms with van der Waals surface area (Å²) in [5.41, 5.74) is 3.37. The SMILES string of the molecule is CC/C=N/N=C(/Nc1cc(C)ccc1CCC)SCOC(=O)OC(C)C. The average molecular weight is 380 g/mol. The minimum absolute atomic E-state index is 0.0912. The van der Waals surface area contributed by atoms with Crippen LogP contribution in [0.1, 0.15) is 51.7 Å². The highest BCUT2D eigenvalue weighted by Gasteiger charge is 2.10. The predicted molar refractivity (Wildman–Crippen MR) is 110 cm³/mol. The fourth-order valence-electron chi connectivity index (χ4n) is 2.03. The molecule has 7 heteroatoms. The highest BCUT2D eigenvalue weighted by atomic mass is 32.2. The first-order valence-electron chi connectivity index (χ1n) is 8.88. The number of ether oxygens (including phenoxy) is 2. The molecule has 0 amide bonds. The van der Waals surface area contributed by atoms with E-state index in [-0.39, 0.29) is 12.0 Å². The number of benzene rings is 1. The normalized spacial score (nSPS) is 11.8. The Kier molecular flexibility index (Phi) is 10.5. The molecule has 1 rings (SSSR count). The molecule has 0 bridgehead atoms. The molecular formula is C19H29N3O3S. The lowest BCUT2D eigenvalue weighted by Gasteiger charge is -2.14. The van der Waals surface area contributed by atoms with Gasteiger partial charge in [-0.3, -0.25) is 0 Å². The van der Waals surface area contributed by atoms with Gasteiger partial charge in [0.15, 0.2) is 5.17 Å². The number of nitrogens with zero attached hydrogens (tertiary/aromatic N) is 2. The maximum atomic E-state index is 11.5. The van der Waals surface area contributed by atoms with Gasteiger partial charge in [0.05, 0.1) is 6.10 Å². The summed E-state index contributed by atoms with van der Waals surface area (Å²) < 4.78 is 10.0. The van der Waals surface area contributed by atoms with E-state index in [4.69, 9.17) is 9.47 Å². The number of amidine groups is 1. The second kappa shape index (κ2) is 12.4. The molecule has 6 nitrogen and oxygen atoms in total. The molecule has 0 saturated heterocycles. The molecule has 0 aliphatic rings. The lowest BCUT2D eigenvalue weighted by Crippen LogP contribution is -2.15. The van der Waals surface area contributed by atoms with Crippen LogP contribution in [0.25, 0.3) is 0 Å². The Morgan fingerprint density at radius 1 is 1.35 bits per heavy atom. The van der Waals surface area contributed by atoms with Gasteiger partial charge >= 0.3 is 6.16 Å². The summed E-state index contributed by atoms with van der Waals surface area (Å²) in [6.45, 7) is 9.73. The summed E-state index contributed by atoms with van der Waals surface area (Å²) in [7, 11) is 0. The van der Waals surface area contributed by atoms with Gasteiger partial charge in [0.1, 0.15) is 5.94 Å². The number of hydrogen-bond acceptors (Lipinski definition) is 6. The van der Waals surface area contributed by atoms with Gasteiger partial charge in [-0.05, 0) is 62.6 Å². The van der Waals surface area contributed by atoms with E-state index in [1.54, 1.807) is 20.1 Å². The summed E-state index contributed by atoms with van der Waals surface area (Å²) in [6, 6.07) is 6.30. The molecule has 1 N–H and O–H groups in total. The van der Waals surface area contributed by atoms with E-state index in [2.05, 4.69) is 40.6 Å². The highest BCUT2D eigenvalue weighted by Crippen LogP contribution is 2.21. The van der Waals surface area contributed by atoms with Gasteiger partial charge in [0, 0.05) is 11.9 Å². The number of anilines is 1. The molecule has 0 spiro atoms. The molecule has 0 radical (unpaired) electrons. The molecule has 0 heterocycles. The van der Waals surface area contributed by atoms with Gasteiger partial charge in [0.25, 0.3) is 0 Å². The van der Waals surface area contributed by atoms with Crippen LogP contribution in [0.2, 0.25) is 0 Å². The van der Waals surface area contributed by atoms with E-state index >= 15 is 0 Å². The number of nitrogens with one attached hydrogen (secondary N) is 1. The van der Waals surface area contributed by atoms with Crippen molar-refractivity contribution in [1.29, 1.82) is 0 Å². The third-order valence-electron chi connectivity index (χ3n) is 3.14. The zero-order valence-corrected chi connectivity index (χ0v) is 17.1. The molecule has 0 unspecified atom stereocenters.